The predicted molar refractivity (Wildman–Crippen MR) is 62.3 cm³/mol. The van der Waals surface area contributed by atoms with Crippen molar-refractivity contribution in [1.29, 1.82) is 0 Å². The molecule has 0 heterocycles. The standard InChI is InChI=1S/C12H23NO3/c14-8-4-3-7-13-9-10-5-1-2-6-11(10)12(15)16/h10-11,13-14H,1-9H2,(H,15,16). The number of nitrogens with one attached hydrogen (secondary N) is 1. The van der Waals surface area contributed by atoms with Crippen LogP contribution in [0.3, 0.4) is 0 Å². The number of hydrogen-bond donors (Lipinski definition) is 3. The number of aliphatic carboxylic acids is 1. The molecule has 0 amide bonds. The van der Waals surface area contributed by atoms with Crippen LogP contribution in [0, 0.1) is 11.8 Å². The Morgan fingerprint density at radius 1 is 1.25 bits per heavy atom. The van der Waals surface area contributed by atoms with Gasteiger partial charge in [0.15, 0.2) is 0 Å². The molecule has 1 aliphatic carbocycles. The molecule has 0 radical (unpaired) electrons. The normalized spacial score (nSPS) is 25.6. The Hall–Kier alpha value is -0.610. The minimum absolute atomic E-state index is 0.154. The monoisotopic (exact) mass is 229 g/mol. The lowest BCUT2D eigenvalue weighted by molar-refractivity contribution is -0.144. The minimum Gasteiger partial charge on any atom is -0.481 e. The molecule has 2 unspecified atom stereocenters. The third kappa shape index (κ3) is 4.49. The van der Waals surface area contributed by atoms with Crippen molar-refractivity contribution in [3.05, 3.63) is 0 Å². The molecule has 0 aliphatic heterocycles. The zero-order chi connectivity index (χ0) is 11.8. The second-order valence-corrected chi connectivity index (χ2v) is 4.62. The van der Waals surface area contributed by atoms with Crippen LogP contribution in [0.1, 0.15) is 38.5 Å². The van der Waals surface area contributed by atoms with E-state index < -0.39 is 5.97 Å². The van der Waals surface area contributed by atoms with E-state index in [9.17, 15) is 4.79 Å². The van der Waals surface area contributed by atoms with E-state index in [2.05, 4.69) is 5.32 Å². The molecule has 16 heavy (non-hydrogen) atoms. The Bertz CT molecular complexity index is 208. The van der Waals surface area contributed by atoms with Crippen LogP contribution in [-0.4, -0.2) is 35.9 Å². The van der Waals surface area contributed by atoms with E-state index in [1.54, 1.807) is 0 Å². The number of carboxylic acid groups (broad SMARTS) is 1. The molecule has 1 fully saturated rings. The van der Waals surface area contributed by atoms with E-state index in [-0.39, 0.29) is 12.5 Å². The number of unbranched alkanes of at least 4 members (excludes halogenated alkanes) is 1. The smallest absolute Gasteiger partial charge is 0.306 e. The lowest BCUT2D eigenvalue weighted by Crippen LogP contribution is -2.35. The summed E-state index contributed by atoms with van der Waals surface area (Å²) in [6.07, 6.45) is 5.86. The summed E-state index contributed by atoms with van der Waals surface area (Å²) in [5, 5.41) is 21.0. The molecule has 2 atom stereocenters. The van der Waals surface area contributed by atoms with Crippen molar-refractivity contribution in [3.63, 3.8) is 0 Å². The second-order valence-electron chi connectivity index (χ2n) is 4.62. The summed E-state index contributed by atoms with van der Waals surface area (Å²) in [6.45, 7) is 1.93. The van der Waals surface area contributed by atoms with Gasteiger partial charge in [-0.1, -0.05) is 12.8 Å². The fourth-order valence-corrected chi connectivity index (χ4v) is 2.43. The van der Waals surface area contributed by atoms with Crippen LogP contribution in [-0.2, 0) is 4.79 Å². The van der Waals surface area contributed by atoms with Crippen molar-refractivity contribution >= 4 is 5.97 Å². The maximum atomic E-state index is 11.0. The zero-order valence-electron chi connectivity index (χ0n) is 9.82. The summed E-state index contributed by atoms with van der Waals surface area (Å²) in [7, 11) is 0. The van der Waals surface area contributed by atoms with Crippen molar-refractivity contribution in [2.75, 3.05) is 19.7 Å². The van der Waals surface area contributed by atoms with Gasteiger partial charge in [-0.05, 0) is 44.7 Å². The van der Waals surface area contributed by atoms with Gasteiger partial charge in [-0.15, -0.1) is 0 Å². The van der Waals surface area contributed by atoms with Crippen molar-refractivity contribution < 1.29 is 15.0 Å². The van der Waals surface area contributed by atoms with Gasteiger partial charge in [0.1, 0.15) is 0 Å². The molecule has 0 aromatic carbocycles. The van der Waals surface area contributed by atoms with Gasteiger partial charge in [0.2, 0.25) is 0 Å². The summed E-state index contributed by atoms with van der Waals surface area (Å²) in [5.41, 5.74) is 0. The summed E-state index contributed by atoms with van der Waals surface area (Å²) >= 11 is 0. The van der Waals surface area contributed by atoms with E-state index in [0.717, 1.165) is 51.6 Å². The minimum atomic E-state index is -0.637. The van der Waals surface area contributed by atoms with E-state index in [1.165, 1.54) is 0 Å². The van der Waals surface area contributed by atoms with E-state index in [4.69, 9.17) is 10.2 Å². The van der Waals surface area contributed by atoms with Crippen molar-refractivity contribution in [2.24, 2.45) is 11.8 Å². The fraction of sp³-hybridized carbons (Fsp3) is 0.917. The highest BCUT2D eigenvalue weighted by molar-refractivity contribution is 5.70. The zero-order valence-corrected chi connectivity index (χ0v) is 9.82. The maximum absolute atomic E-state index is 11.0. The molecule has 0 bridgehead atoms. The third-order valence-corrected chi connectivity index (χ3v) is 3.39. The Morgan fingerprint density at radius 3 is 2.69 bits per heavy atom. The van der Waals surface area contributed by atoms with Gasteiger partial charge in [0.05, 0.1) is 5.92 Å². The molecule has 0 saturated heterocycles. The van der Waals surface area contributed by atoms with Crippen LogP contribution in [0.4, 0.5) is 0 Å². The molecular weight excluding hydrogens is 206 g/mol. The highest BCUT2D eigenvalue weighted by Gasteiger charge is 2.30. The molecule has 3 N–H and O–H groups in total. The first-order valence-corrected chi connectivity index (χ1v) is 6.30. The average Bonchev–Trinajstić information content (AvgIpc) is 2.29. The second kappa shape index (κ2) is 7.63. The Morgan fingerprint density at radius 2 is 2.00 bits per heavy atom. The lowest BCUT2D eigenvalue weighted by atomic mass is 9.79. The first-order valence-electron chi connectivity index (χ1n) is 6.30. The van der Waals surface area contributed by atoms with Crippen molar-refractivity contribution in [3.8, 4) is 0 Å². The molecule has 1 aliphatic rings. The largest absolute Gasteiger partial charge is 0.481 e. The Labute approximate surface area is 97.0 Å². The predicted octanol–water partition coefficient (Wildman–Crippen LogP) is 1.24. The number of hydrogen-bond acceptors (Lipinski definition) is 3. The third-order valence-electron chi connectivity index (χ3n) is 3.39. The van der Waals surface area contributed by atoms with Crippen molar-refractivity contribution in [2.45, 2.75) is 38.5 Å². The van der Waals surface area contributed by atoms with Gasteiger partial charge < -0.3 is 15.5 Å². The Kier molecular flexibility index (Phi) is 6.42. The number of carbonyl (C=O) groups is 1. The van der Waals surface area contributed by atoms with Crippen LogP contribution in [0.5, 0.6) is 0 Å². The van der Waals surface area contributed by atoms with Gasteiger partial charge in [-0.2, -0.15) is 0 Å². The van der Waals surface area contributed by atoms with Crippen LogP contribution < -0.4 is 5.32 Å². The molecule has 4 nitrogen and oxygen atoms in total. The molecule has 1 rings (SSSR count). The highest BCUT2D eigenvalue weighted by Crippen LogP contribution is 2.29. The first-order chi connectivity index (χ1) is 7.75. The molecule has 94 valence electrons. The average molecular weight is 229 g/mol. The van der Waals surface area contributed by atoms with E-state index in [1.807, 2.05) is 0 Å². The van der Waals surface area contributed by atoms with Gasteiger partial charge in [0.25, 0.3) is 0 Å². The number of aliphatic hydroxyl groups is 1. The molecule has 1 saturated carbocycles. The first kappa shape index (κ1) is 13.5. The van der Waals surface area contributed by atoms with E-state index >= 15 is 0 Å². The van der Waals surface area contributed by atoms with Gasteiger partial charge in [-0.3, -0.25) is 4.79 Å². The summed E-state index contributed by atoms with van der Waals surface area (Å²) < 4.78 is 0. The maximum Gasteiger partial charge on any atom is 0.306 e. The topological polar surface area (TPSA) is 69.6 Å². The lowest BCUT2D eigenvalue weighted by Gasteiger charge is -2.28. The van der Waals surface area contributed by atoms with Crippen LogP contribution in [0.25, 0.3) is 0 Å². The highest BCUT2D eigenvalue weighted by atomic mass is 16.4. The summed E-state index contributed by atoms with van der Waals surface area (Å²) in [5.74, 6) is -0.499. The Balaban J connectivity index is 2.19. The van der Waals surface area contributed by atoms with Gasteiger partial charge in [-0.25, -0.2) is 0 Å². The van der Waals surface area contributed by atoms with Crippen LogP contribution >= 0.6 is 0 Å². The summed E-state index contributed by atoms with van der Waals surface area (Å²) in [6, 6.07) is 0. The fourth-order valence-electron chi connectivity index (χ4n) is 2.43. The quantitative estimate of drug-likeness (QED) is 0.574. The molecule has 0 aromatic rings. The number of carboxylic acids is 1. The van der Waals surface area contributed by atoms with Gasteiger partial charge >= 0.3 is 5.97 Å². The molecular formula is C12H23NO3. The van der Waals surface area contributed by atoms with Crippen LogP contribution in [0.15, 0.2) is 0 Å². The van der Waals surface area contributed by atoms with Crippen molar-refractivity contribution in [1.82, 2.24) is 5.32 Å². The SMILES string of the molecule is O=C(O)C1CCCCC1CNCCCCO. The number of rotatable bonds is 7. The molecule has 4 heteroatoms. The molecule has 0 spiro atoms. The van der Waals surface area contributed by atoms with E-state index in [0.29, 0.717) is 5.92 Å². The number of aliphatic hydroxyl groups excluding tert-OH is 1. The van der Waals surface area contributed by atoms with Crippen LogP contribution in [0.2, 0.25) is 0 Å². The summed E-state index contributed by atoms with van der Waals surface area (Å²) in [4.78, 5) is 11.0. The molecule has 0 aromatic heterocycles. The van der Waals surface area contributed by atoms with Gasteiger partial charge in [0, 0.05) is 6.61 Å².